The fourth-order valence-corrected chi connectivity index (χ4v) is 2.48. The molecule has 1 unspecified atom stereocenters. The molecule has 0 saturated carbocycles. The van der Waals surface area contributed by atoms with Crippen molar-refractivity contribution < 1.29 is 27.2 Å². The molecule has 2 amide bonds. The smallest absolute Gasteiger partial charge is 0.400 e. The number of furan rings is 1. The zero-order valence-electron chi connectivity index (χ0n) is 14.8. The van der Waals surface area contributed by atoms with Crippen LogP contribution in [-0.4, -0.2) is 47.0 Å². The van der Waals surface area contributed by atoms with Gasteiger partial charge in [-0.3, -0.25) is 9.59 Å². The van der Waals surface area contributed by atoms with Crippen molar-refractivity contribution in [2.24, 2.45) is 5.92 Å². The number of carbonyl (C=O) groups excluding carboxylic acids is 2. The first-order valence-corrected chi connectivity index (χ1v) is 8.33. The van der Waals surface area contributed by atoms with Crippen LogP contribution in [0.2, 0.25) is 0 Å². The minimum atomic E-state index is -4.56. The molecule has 2 aromatic rings. The highest BCUT2D eigenvalue weighted by atomic mass is 19.4. The Hall–Kier alpha value is -2.45. The molecule has 0 radical (unpaired) electrons. The van der Waals surface area contributed by atoms with Crippen LogP contribution in [0.1, 0.15) is 37.7 Å². The van der Waals surface area contributed by atoms with E-state index < -0.39 is 18.0 Å². The predicted octanol–water partition coefficient (Wildman–Crippen LogP) is 3.32. The molecule has 1 atom stereocenters. The summed E-state index contributed by atoms with van der Waals surface area (Å²) in [6.45, 7) is 4.87. The molecule has 2 heterocycles. The molecule has 0 bridgehead atoms. The fourth-order valence-electron chi connectivity index (χ4n) is 2.48. The van der Waals surface area contributed by atoms with E-state index >= 15 is 0 Å². The quantitative estimate of drug-likeness (QED) is 0.731. The van der Waals surface area contributed by atoms with Crippen LogP contribution in [0.5, 0.6) is 0 Å². The second-order valence-electron chi connectivity index (χ2n) is 6.38. The Morgan fingerprint density at radius 3 is 2.58 bits per heavy atom. The molecule has 0 fully saturated rings. The third kappa shape index (κ3) is 4.59. The van der Waals surface area contributed by atoms with Crippen molar-refractivity contribution in [2.75, 3.05) is 13.1 Å². The summed E-state index contributed by atoms with van der Waals surface area (Å²) in [6, 6.07) is 3.21. The van der Waals surface area contributed by atoms with Crippen molar-refractivity contribution in [2.45, 2.75) is 39.4 Å². The van der Waals surface area contributed by atoms with Crippen LogP contribution in [0.4, 0.5) is 13.2 Å². The summed E-state index contributed by atoms with van der Waals surface area (Å²) < 4.78 is 42.6. The molecule has 26 heavy (non-hydrogen) atoms. The first-order valence-electron chi connectivity index (χ1n) is 8.33. The maximum Gasteiger partial charge on any atom is 0.400 e. The highest BCUT2D eigenvalue weighted by Gasteiger charge is 2.40. The standard InChI is InChI=1S/C17H22F3N3O3/c1-10(2)23(7-4-6-21-15(24)11(3)17(18,19)20)16(25)13-9-14-12(22-13)5-8-26-14/h5,8-11,22H,4,6-7H2,1-3H3,(H,21,24). The summed E-state index contributed by atoms with van der Waals surface area (Å²) in [5.74, 6) is -3.36. The Bertz CT molecular complexity index is 735. The van der Waals surface area contributed by atoms with E-state index in [-0.39, 0.29) is 18.5 Å². The van der Waals surface area contributed by atoms with Gasteiger partial charge >= 0.3 is 6.18 Å². The zero-order chi connectivity index (χ0) is 19.5. The number of amides is 2. The van der Waals surface area contributed by atoms with Gasteiger partial charge in [0.1, 0.15) is 11.6 Å². The van der Waals surface area contributed by atoms with Gasteiger partial charge in [0, 0.05) is 31.3 Å². The lowest BCUT2D eigenvalue weighted by molar-refractivity contribution is -0.178. The number of aromatic amines is 1. The number of carbonyl (C=O) groups is 2. The van der Waals surface area contributed by atoms with Gasteiger partial charge in [0.2, 0.25) is 5.91 Å². The lowest BCUT2D eigenvalue weighted by atomic mass is 10.1. The molecular weight excluding hydrogens is 351 g/mol. The average Bonchev–Trinajstić information content (AvgIpc) is 3.13. The number of rotatable bonds is 7. The molecule has 2 rings (SSSR count). The summed E-state index contributed by atoms with van der Waals surface area (Å²) in [6.07, 6.45) is -2.70. The van der Waals surface area contributed by atoms with E-state index in [4.69, 9.17) is 4.42 Å². The van der Waals surface area contributed by atoms with E-state index in [2.05, 4.69) is 10.3 Å². The van der Waals surface area contributed by atoms with Crippen molar-refractivity contribution in [3.8, 4) is 0 Å². The van der Waals surface area contributed by atoms with Gasteiger partial charge < -0.3 is 19.6 Å². The molecule has 2 N–H and O–H groups in total. The topological polar surface area (TPSA) is 78.3 Å². The highest BCUT2D eigenvalue weighted by Crippen LogP contribution is 2.25. The molecule has 0 aromatic carbocycles. The van der Waals surface area contributed by atoms with Gasteiger partial charge in [-0.15, -0.1) is 0 Å². The Morgan fingerprint density at radius 1 is 1.31 bits per heavy atom. The number of fused-ring (bicyclic) bond motifs is 1. The summed E-state index contributed by atoms with van der Waals surface area (Å²) in [4.78, 5) is 28.7. The number of halogens is 3. The zero-order valence-corrected chi connectivity index (χ0v) is 14.8. The average molecular weight is 373 g/mol. The maximum absolute atomic E-state index is 12.6. The third-order valence-corrected chi connectivity index (χ3v) is 4.11. The van der Waals surface area contributed by atoms with E-state index in [1.165, 1.54) is 6.26 Å². The number of nitrogens with one attached hydrogen (secondary N) is 2. The van der Waals surface area contributed by atoms with Crippen LogP contribution in [0.3, 0.4) is 0 Å². The number of hydrogen-bond donors (Lipinski definition) is 2. The predicted molar refractivity (Wildman–Crippen MR) is 89.6 cm³/mol. The van der Waals surface area contributed by atoms with Crippen molar-refractivity contribution in [1.29, 1.82) is 0 Å². The maximum atomic E-state index is 12.6. The summed E-state index contributed by atoms with van der Waals surface area (Å²) in [7, 11) is 0. The fraction of sp³-hybridized carbons (Fsp3) is 0.529. The largest absolute Gasteiger partial charge is 0.463 e. The minimum absolute atomic E-state index is 0.0584. The van der Waals surface area contributed by atoms with Gasteiger partial charge in [0.05, 0.1) is 11.8 Å². The molecule has 0 aliphatic carbocycles. The minimum Gasteiger partial charge on any atom is -0.463 e. The van der Waals surface area contributed by atoms with Crippen LogP contribution < -0.4 is 5.32 Å². The molecular formula is C17H22F3N3O3. The van der Waals surface area contributed by atoms with Crippen LogP contribution in [0.15, 0.2) is 22.8 Å². The van der Waals surface area contributed by atoms with E-state index in [0.717, 1.165) is 6.92 Å². The first-order chi connectivity index (χ1) is 12.1. The number of nitrogens with zero attached hydrogens (tertiary/aromatic N) is 1. The van der Waals surface area contributed by atoms with Crippen LogP contribution in [-0.2, 0) is 4.79 Å². The Labute approximate surface area is 148 Å². The van der Waals surface area contributed by atoms with Crippen LogP contribution in [0.25, 0.3) is 11.1 Å². The van der Waals surface area contributed by atoms with Gasteiger partial charge in [-0.2, -0.15) is 13.2 Å². The monoisotopic (exact) mass is 373 g/mol. The van der Waals surface area contributed by atoms with E-state index in [1.807, 2.05) is 13.8 Å². The van der Waals surface area contributed by atoms with Crippen molar-refractivity contribution in [3.63, 3.8) is 0 Å². The van der Waals surface area contributed by atoms with E-state index in [9.17, 15) is 22.8 Å². The number of hydrogen-bond acceptors (Lipinski definition) is 3. The number of alkyl halides is 3. The Morgan fingerprint density at radius 2 is 2.00 bits per heavy atom. The molecule has 2 aromatic heterocycles. The highest BCUT2D eigenvalue weighted by molar-refractivity contribution is 5.97. The Kier molecular flexibility index (Phi) is 5.99. The second-order valence-corrected chi connectivity index (χ2v) is 6.38. The van der Waals surface area contributed by atoms with Gasteiger partial charge in [0.25, 0.3) is 5.91 Å². The van der Waals surface area contributed by atoms with Crippen LogP contribution >= 0.6 is 0 Å². The third-order valence-electron chi connectivity index (χ3n) is 4.11. The van der Waals surface area contributed by atoms with Gasteiger partial charge in [-0.25, -0.2) is 0 Å². The lowest BCUT2D eigenvalue weighted by Gasteiger charge is -2.26. The number of H-pyrrole nitrogens is 1. The normalized spacial score (nSPS) is 13.2. The SMILES string of the molecule is CC(C)N(CCCNC(=O)C(C)C(F)(F)F)C(=O)c1cc2occc2[nH]1. The number of aromatic nitrogens is 1. The molecule has 0 spiro atoms. The van der Waals surface area contributed by atoms with E-state index in [0.29, 0.717) is 29.8 Å². The molecule has 0 saturated heterocycles. The molecule has 0 aliphatic rings. The van der Waals surface area contributed by atoms with E-state index in [1.54, 1.807) is 17.0 Å². The van der Waals surface area contributed by atoms with Crippen molar-refractivity contribution in [1.82, 2.24) is 15.2 Å². The molecule has 0 aliphatic heterocycles. The molecule has 6 nitrogen and oxygen atoms in total. The summed E-state index contributed by atoms with van der Waals surface area (Å²) >= 11 is 0. The molecule has 9 heteroatoms. The van der Waals surface area contributed by atoms with Crippen molar-refractivity contribution in [3.05, 3.63) is 24.1 Å². The van der Waals surface area contributed by atoms with Gasteiger partial charge in [-0.05, 0) is 27.2 Å². The first kappa shape index (κ1) is 19.9. The van der Waals surface area contributed by atoms with Gasteiger partial charge in [0.15, 0.2) is 5.58 Å². The second kappa shape index (κ2) is 7.84. The van der Waals surface area contributed by atoms with Gasteiger partial charge in [-0.1, -0.05) is 0 Å². The lowest BCUT2D eigenvalue weighted by Crippen LogP contribution is -2.41. The molecule has 144 valence electrons. The van der Waals surface area contributed by atoms with Crippen molar-refractivity contribution >= 4 is 22.9 Å². The summed E-state index contributed by atoms with van der Waals surface area (Å²) in [5.41, 5.74) is 1.67. The summed E-state index contributed by atoms with van der Waals surface area (Å²) in [5, 5.41) is 2.26. The Balaban J connectivity index is 1.89. The van der Waals surface area contributed by atoms with Crippen LogP contribution in [0, 0.1) is 5.92 Å².